The number of halogens is 2. The van der Waals surface area contributed by atoms with Gasteiger partial charge in [-0.3, -0.25) is 4.79 Å². The van der Waals surface area contributed by atoms with Gasteiger partial charge in [0, 0.05) is 15.6 Å². The van der Waals surface area contributed by atoms with Crippen LogP contribution < -0.4 is 5.32 Å². The van der Waals surface area contributed by atoms with Gasteiger partial charge in [0.1, 0.15) is 6.04 Å². The van der Waals surface area contributed by atoms with Crippen LogP contribution in [0, 0.1) is 5.92 Å². The molecule has 4 nitrogen and oxygen atoms in total. The normalized spacial score (nSPS) is 15.9. The van der Waals surface area contributed by atoms with E-state index in [1.54, 1.807) is 0 Å². The van der Waals surface area contributed by atoms with Crippen molar-refractivity contribution in [3.8, 4) is 0 Å². The fourth-order valence-electron chi connectivity index (χ4n) is 1.83. The molecule has 1 amide bonds. The molecule has 6 heteroatoms. The first-order valence-electron chi connectivity index (χ1n) is 5.95. The molecule has 0 aliphatic heterocycles. The molecule has 1 aromatic carbocycles. The molecule has 1 aliphatic carbocycles. The van der Waals surface area contributed by atoms with Crippen LogP contribution in [0.5, 0.6) is 0 Å². The van der Waals surface area contributed by atoms with E-state index in [4.69, 9.17) is 28.3 Å². The van der Waals surface area contributed by atoms with Gasteiger partial charge in [0.25, 0.3) is 5.91 Å². The summed E-state index contributed by atoms with van der Waals surface area (Å²) in [7, 11) is 0. The van der Waals surface area contributed by atoms with Crippen molar-refractivity contribution in [3.63, 3.8) is 0 Å². The molecule has 102 valence electrons. The fraction of sp³-hybridized carbons (Fsp3) is 0.385. The van der Waals surface area contributed by atoms with E-state index in [1.165, 1.54) is 18.2 Å². The molecular weight excluding hydrogens is 289 g/mol. The number of hydrogen-bond donors (Lipinski definition) is 2. The highest BCUT2D eigenvalue weighted by Crippen LogP contribution is 2.33. The third kappa shape index (κ3) is 4.11. The Bertz CT molecular complexity index is 494. The summed E-state index contributed by atoms with van der Waals surface area (Å²) in [5, 5.41) is 12.3. The molecule has 1 unspecified atom stereocenters. The summed E-state index contributed by atoms with van der Waals surface area (Å²) in [6.07, 6.45) is 2.53. The van der Waals surface area contributed by atoms with Crippen LogP contribution in [0.2, 0.25) is 10.0 Å². The number of rotatable bonds is 5. The Morgan fingerprint density at radius 3 is 2.32 bits per heavy atom. The number of carboxylic acid groups (broad SMARTS) is 1. The summed E-state index contributed by atoms with van der Waals surface area (Å²) < 4.78 is 0. The van der Waals surface area contributed by atoms with E-state index in [1.807, 2.05) is 0 Å². The zero-order valence-electron chi connectivity index (χ0n) is 10.0. The van der Waals surface area contributed by atoms with E-state index >= 15 is 0 Å². The molecule has 0 saturated heterocycles. The van der Waals surface area contributed by atoms with Crippen LogP contribution >= 0.6 is 23.2 Å². The van der Waals surface area contributed by atoms with E-state index in [9.17, 15) is 9.59 Å². The molecule has 19 heavy (non-hydrogen) atoms. The number of carboxylic acids is 1. The quantitative estimate of drug-likeness (QED) is 0.878. The topological polar surface area (TPSA) is 66.4 Å². The average molecular weight is 302 g/mol. The Balaban J connectivity index is 2.07. The molecule has 0 radical (unpaired) electrons. The predicted octanol–water partition coefficient (Wildman–Crippen LogP) is 2.98. The van der Waals surface area contributed by atoms with Crippen LogP contribution in [0.15, 0.2) is 18.2 Å². The van der Waals surface area contributed by atoms with Crippen LogP contribution in [0.3, 0.4) is 0 Å². The minimum atomic E-state index is -1.02. The molecule has 2 N–H and O–H groups in total. The minimum absolute atomic E-state index is 0.263. The van der Waals surface area contributed by atoms with Gasteiger partial charge < -0.3 is 10.4 Å². The lowest BCUT2D eigenvalue weighted by atomic mass is 10.1. The molecular formula is C13H13Cl2NO3. The fourth-order valence-corrected chi connectivity index (χ4v) is 2.36. The lowest BCUT2D eigenvalue weighted by molar-refractivity contribution is -0.139. The zero-order chi connectivity index (χ0) is 14.0. The lowest BCUT2D eigenvalue weighted by Crippen LogP contribution is -2.41. The highest BCUT2D eigenvalue weighted by atomic mass is 35.5. The Hall–Kier alpha value is -1.26. The largest absolute Gasteiger partial charge is 0.480 e. The number of nitrogens with one attached hydrogen (secondary N) is 1. The van der Waals surface area contributed by atoms with Crippen LogP contribution in [0.1, 0.15) is 29.6 Å². The number of benzene rings is 1. The standard InChI is InChI=1S/C13H13Cl2NO3/c14-9-4-8(5-10(15)6-9)12(17)16-11(13(18)19)3-7-1-2-7/h4-7,11H,1-3H2,(H,16,17)(H,18,19). The molecule has 2 rings (SSSR count). The summed E-state index contributed by atoms with van der Waals surface area (Å²) in [5.41, 5.74) is 0.263. The highest BCUT2D eigenvalue weighted by Gasteiger charge is 2.30. The van der Waals surface area contributed by atoms with Crippen LogP contribution in [0.25, 0.3) is 0 Å². The maximum Gasteiger partial charge on any atom is 0.326 e. The first-order valence-corrected chi connectivity index (χ1v) is 6.71. The third-order valence-corrected chi connectivity index (χ3v) is 3.43. The van der Waals surface area contributed by atoms with Crippen molar-refractivity contribution >= 4 is 35.1 Å². The number of carbonyl (C=O) groups is 2. The summed E-state index contributed by atoms with van der Waals surface area (Å²) in [5.74, 6) is -1.09. The van der Waals surface area contributed by atoms with E-state index in [0.29, 0.717) is 22.4 Å². The molecule has 1 saturated carbocycles. The number of carbonyl (C=O) groups excluding carboxylic acids is 1. The second kappa shape index (κ2) is 5.80. The maximum atomic E-state index is 12.0. The predicted molar refractivity (Wildman–Crippen MR) is 72.7 cm³/mol. The van der Waals surface area contributed by atoms with Crippen LogP contribution in [0.4, 0.5) is 0 Å². The monoisotopic (exact) mass is 301 g/mol. The first-order chi connectivity index (χ1) is 8.95. The van der Waals surface area contributed by atoms with E-state index in [2.05, 4.69) is 5.32 Å². The van der Waals surface area contributed by atoms with Crippen LogP contribution in [-0.2, 0) is 4.79 Å². The molecule has 1 aliphatic rings. The van der Waals surface area contributed by atoms with Crippen LogP contribution in [-0.4, -0.2) is 23.0 Å². The van der Waals surface area contributed by atoms with Gasteiger partial charge in [-0.15, -0.1) is 0 Å². The van der Waals surface area contributed by atoms with Gasteiger partial charge in [0.15, 0.2) is 0 Å². The van der Waals surface area contributed by atoms with Gasteiger partial charge >= 0.3 is 5.97 Å². The molecule has 0 aromatic heterocycles. The minimum Gasteiger partial charge on any atom is -0.480 e. The molecule has 0 spiro atoms. The second-order valence-corrected chi connectivity index (χ2v) is 5.57. The highest BCUT2D eigenvalue weighted by molar-refractivity contribution is 6.35. The molecule has 0 bridgehead atoms. The van der Waals surface area contributed by atoms with Crippen molar-refractivity contribution in [3.05, 3.63) is 33.8 Å². The Morgan fingerprint density at radius 1 is 1.26 bits per heavy atom. The summed E-state index contributed by atoms with van der Waals surface area (Å²) in [6, 6.07) is 3.56. The Labute approximate surface area is 120 Å². The van der Waals surface area contributed by atoms with E-state index < -0.39 is 17.9 Å². The molecule has 1 fully saturated rings. The van der Waals surface area contributed by atoms with Crippen molar-refractivity contribution in [2.45, 2.75) is 25.3 Å². The van der Waals surface area contributed by atoms with Gasteiger partial charge in [0.2, 0.25) is 0 Å². The average Bonchev–Trinajstić information content (AvgIpc) is 3.10. The Morgan fingerprint density at radius 2 is 1.84 bits per heavy atom. The number of amides is 1. The summed E-state index contributed by atoms with van der Waals surface area (Å²) >= 11 is 11.6. The van der Waals surface area contributed by atoms with Gasteiger partial charge in [0.05, 0.1) is 0 Å². The second-order valence-electron chi connectivity index (χ2n) is 4.70. The zero-order valence-corrected chi connectivity index (χ0v) is 11.5. The van der Waals surface area contributed by atoms with Gasteiger partial charge in [-0.1, -0.05) is 36.0 Å². The third-order valence-electron chi connectivity index (χ3n) is 2.99. The molecule has 1 aromatic rings. The van der Waals surface area contributed by atoms with Gasteiger partial charge in [-0.25, -0.2) is 4.79 Å². The van der Waals surface area contributed by atoms with E-state index in [-0.39, 0.29) is 5.56 Å². The van der Waals surface area contributed by atoms with E-state index in [0.717, 1.165) is 12.8 Å². The number of aliphatic carboxylic acids is 1. The van der Waals surface area contributed by atoms with Crippen molar-refractivity contribution in [1.82, 2.24) is 5.32 Å². The SMILES string of the molecule is O=C(NC(CC1CC1)C(=O)O)c1cc(Cl)cc(Cl)c1. The van der Waals surface area contributed by atoms with Crippen molar-refractivity contribution in [2.24, 2.45) is 5.92 Å². The van der Waals surface area contributed by atoms with Crippen molar-refractivity contribution in [2.75, 3.05) is 0 Å². The van der Waals surface area contributed by atoms with Gasteiger partial charge in [-0.05, 0) is 30.5 Å². The van der Waals surface area contributed by atoms with Crippen molar-refractivity contribution < 1.29 is 14.7 Å². The Kier molecular flexibility index (Phi) is 4.32. The smallest absolute Gasteiger partial charge is 0.326 e. The lowest BCUT2D eigenvalue weighted by Gasteiger charge is -2.14. The van der Waals surface area contributed by atoms with Crippen molar-refractivity contribution in [1.29, 1.82) is 0 Å². The van der Waals surface area contributed by atoms with Gasteiger partial charge in [-0.2, -0.15) is 0 Å². The number of hydrogen-bond acceptors (Lipinski definition) is 2. The summed E-state index contributed by atoms with van der Waals surface area (Å²) in [4.78, 5) is 23.1. The summed E-state index contributed by atoms with van der Waals surface area (Å²) in [6.45, 7) is 0. The maximum absolute atomic E-state index is 12.0. The molecule has 0 heterocycles. The molecule has 1 atom stereocenters. The first kappa shape index (κ1) is 14.2.